The molecule has 3 rings (SSSR count). The molecule has 12 nitrogen and oxygen atoms in total. The van der Waals surface area contributed by atoms with E-state index in [9.17, 15) is 20.4 Å². The van der Waals surface area contributed by atoms with Crippen LogP contribution in [0.1, 0.15) is 19.3 Å². The Labute approximate surface area is 169 Å². The van der Waals surface area contributed by atoms with E-state index in [1.807, 2.05) is 0 Å². The molecule has 2 aliphatic heterocycles. The summed E-state index contributed by atoms with van der Waals surface area (Å²) in [6, 6.07) is -1.71. The van der Waals surface area contributed by atoms with E-state index in [0.717, 1.165) is 0 Å². The lowest BCUT2D eigenvalue weighted by Gasteiger charge is -2.45. The van der Waals surface area contributed by atoms with E-state index >= 15 is 0 Å². The fourth-order valence-electron chi connectivity index (χ4n) is 4.07. The lowest BCUT2D eigenvalue weighted by Crippen LogP contribution is -2.65. The van der Waals surface area contributed by atoms with Gasteiger partial charge in [0, 0.05) is 18.6 Å². The molecule has 0 aromatic heterocycles. The Hall–Kier alpha value is -0.480. The van der Waals surface area contributed by atoms with Gasteiger partial charge in [-0.25, -0.2) is 0 Å². The van der Waals surface area contributed by atoms with Gasteiger partial charge in [-0.1, -0.05) is 0 Å². The highest BCUT2D eigenvalue weighted by molar-refractivity contribution is 5.00. The van der Waals surface area contributed by atoms with E-state index in [0.29, 0.717) is 19.4 Å². The average molecular weight is 422 g/mol. The van der Waals surface area contributed by atoms with E-state index < -0.39 is 73.9 Å². The summed E-state index contributed by atoms with van der Waals surface area (Å²) in [4.78, 5) is 0. The van der Waals surface area contributed by atoms with Crippen molar-refractivity contribution in [2.24, 2.45) is 22.9 Å². The Morgan fingerprint density at radius 1 is 0.793 bits per heavy atom. The molecule has 2 saturated heterocycles. The number of ether oxygens (including phenoxy) is 4. The van der Waals surface area contributed by atoms with Gasteiger partial charge in [0.15, 0.2) is 12.6 Å². The summed E-state index contributed by atoms with van der Waals surface area (Å²) in [5, 5.41) is 40.0. The third kappa shape index (κ3) is 4.89. The van der Waals surface area contributed by atoms with Crippen LogP contribution in [-0.2, 0) is 18.9 Å². The van der Waals surface area contributed by atoms with Crippen LogP contribution in [0.25, 0.3) is 0 Å². The first-order chi connectivity index (χ1) is 13.8. The molecule has 1 saturated carbocycles. The zero-order valence-corrected chi connectivity index (χ0v) is 16.2. The van der Waals surface area contributed by atoms with E-state index in [2.05, 4.69) is 0 Å². The monoisotopic (exact) mass is 422 g/mol. The van der Waals surface area contributed by atoms with E-state index in [1.165, 1.54) is 0 Å². The lowest BCUT2D eigenvalue weighted by atomic mass is 9.84. The molecule has 1 aliphatic carbocycles. The van der Waals surface area contributed by atoms with Gasteiger partial charge in [-0.3, -0.25) is 0 Å². The summed E-state index contributed by atoms with van der Waals surface area (Å²) in [6.45, 7) is -0.186. The highest BCUT2D eigenvalue weighted by Crippen LogP contribution is 2.31. The first kappa shape index (κ1) is 23.2. The summed E-state index contributed by atoms with van der Waals surface area (Å²) in [6.07, 6.45) is -7.57. The third-order valence-electron chi connectivity index (χ3n) is 5.91. The Kier molecular flexibility index (Phi) is 7.81. The first-order valence-corrected chi connectivity index (χ1v) is 10.0. The summed E-state index contributed by atoms with van der Waals surface area (Å²) in [7, 11) is 0. The van der Waals surface area contributed by atoms with Gasteiger partial charge in [0.1, 0.15) is 30.5 Å². The van der Waals surface area contributed by atoms with Crippen molar-refractivity contribution in [2.45, 2.75) is 92.7 Å². The predicted octanol–water partition coefficient (Wildman–Crippen LogP) is -4.59. The second-order valence-corrected chi connectivity index (χ2v) is 8.07. The van der Waals surface area contributed by atoms with Crippen LogP contribution in [0.5, 0.6) is 0 Å². The highest BCUT2D eigenvalue weighted by Gasteiger charge is 2.50. The average Bonchev–Trinajstić information content (AvgIpc) is 2.97. The van der Waals surface area contributed by atoms with Crippen molar-refractivity contribution >= 4 is 0 Å². The van der Waals surface area contributed by atoms with E-state index in [-0.39, 0.29) is 12.5 Å². The van der Waals surface area contributed by atoms with Gasteiger partial charge >= 0.3 is 0 Å². The molecule has 2 heterocycles. The van der Waals surface area contributed by atoms with Crippen LogP contribution >= 0.6 is 0 Å². The van der Waals surface area contributed by atoms with E-state index in [4.69, 9.17) is 41.9 Å². The Morgan fingerprint density at radius 3 is 2.10 bits per heavy atom. The van der Waals surface area contributed by atoms with E-state index in [1.54, 1.807) is 0 Å². The molecule has 3 fully saturated rings. The van der Waals surface area contributed by atoms with Crippen molar-refractivity contribution in [2.75, 3.05) is 13.2 Å². The molecule has 12 atom stereocenters. The van der Waals surface area contributed by atoms with Crippen LogP contribution < -0.4 is 22.9 Å². The largest absolute Gasteiger partial charge is 0.394 e. The van der Waals surface area contributed by atoms with Crippen molar-refractivity contribution in [3.8, 4) is 0 Å². The van der Waals surface area contributed by atoms with Gasteiger partial charge in [-0.05, 0) is 19.3 Å². The second-order valence-electron chi connectivity index (χ2n) is 8.07. The maximum atomic E-state index is 10.6. The summed E-state index contributed by atoms with van der Waals surface area (Å²) < 4.78 is 23.0. The maximum absolute atomic E-state index is 10.6. The summed E-state index contributed by atoms with van der Waals surface area (Å²) in [5.74, 6) is 0. The zero-order chi connectivity index (χ0) is 21.3. The van der Waals surface area contributed by atoms with Crippen LogP contribution in [0.4, 0.5) is 0 Å². The topological polar surface area (TPSA) is 222 Å². The van der Waals surface area contributed by atoms with Gasteiger partial charge in [-0.2, -0.15) is 0 Å². The molecule has 0 radical (unpaired) electrons. The fraction of sp³-hybridized carbons (Fsp3) is 1.00. The molecule has 0 amide bonds. The first-order valence-electron chi connectivity index (χ1n) is 10.0. The second kappa shape index (κ2) is 9.77. The molecule has 12 heteroatoms. The van der Waals surface area contributed by atoms with Crippen molar-refractivity contribution in [1.82, 2.24) is 0 Å². The molecule has 3 aliphatic rings. The molecule has 0 bridgehead atoms. The fourth-order valence-corrected chi connectivity index (χ4v) is 4.07. The summed E-state index contributed by atoms with van der Waals surface area (Å²) in [5.41, 5.74) is 24.0. The molecular formula is C17H34N4O8. The number of aliphatic hydroxyl groups excluding tert-OH is 4. The molecule has 29 heavy (non-hydrogen) atoms. The Bertz CT molecular complexity index is 534. The number of aliphatic hydroxyl groups is 4. The number of rotatable bonds is 6. The normalized spacial score (nSPS) is 51.3. The molecule has 12 unspecified atom stereocenters. The van der Waals surface area contributed by atoms with Gasteiger partial charge in [-0.15, -0.1) is 0 Å². The molecule has 0 aromatic rings. The van der Waals surface area contributed by atoms with Crippen LogP contribution in [0.3, 0.4) is 0 Å². The quantitative estimate of drug-likeness (QED) is 0.202. The number of hydrogen-bond donors (Lipinski definition) is 8. The minimum atomic E-state index is -1.43. The van der Waals surface area contributed by atoms with Gasteiger partial charge in [0.25, 0.3) is 0 Å². The van der Waals surface area contributed by atoms with Crippen molar-refractivity contribution in [3.05, 3.63) is 0 Å². The lowest BCUT2D eigenvalue weighted by molar-refractivity contribution is -0.287. The van der Waals surface area contributed by atoms with Crippen LogP contribution in [0, 0.1) is 0 Å². The number of nitrogens with two attached hydrogens (primary N) is 4. The molecule has 0 aromatic carbocycles. The van der Waals surface area contributed by atoms with Gasteiger partial charge in [0.2, 0.25) is 0 Å². The smallest absolute Gasteiger partial charge is 0.187 e. The van der Waals surface area contributed by atoms with Gasteiger partial charge < -0.3 is 62.3 Å². The highest BCUT2D eigenvalue weighted by atomic mass is 16.7. The Morgan fingerprint density at radius 2 is 1.48 bits per heavy atom. The van der Waals surface area contributed by atoms with Crippen molar-refractivity contribution in [3.63, 3.8) is 0 Å². The molecule has 170 valence electrons. The summed E-state index contributed by atoms with van der Waals surface area (Å²) >= 11 is 0. The molecule has 0 spiro atoms. The van der Waals surface area contributed by atoms with Crippen molar-refractivity contribution < 1.29 is 39.4 Å². The predicted molar refractivity (Wildman–Crippen MR) is 99.0 cm³/mol. The van der Waals surface area contributed by atoms with Gasteiger partial charge in [0.05, 0.1) is 24.9 Å². The maximum Gasteiger partial charge on any atom is 0.187 e. The Balaban J connectivity index is 1.74. The molecule has 12 N–H and O–H groups in total. The van der Waals surface area contributed by atoms with Crippen LogP contribution in [-0.4, -0.2) is 107 Å². The molecular weight excluding hydrogens is 388 g/mol. The van der Waals surface area contributed by atoms with Crippen molar-refractivity contribution in [1.29, 1.82) is 0 Å². The van der Waals surface area contributed by atoms with Crippen LogP contribution in [0.2, 0.25) is 0 Å². The minimum Gasteiger partial charge on any atom is -0.394 e. The third-order valence-corrected chi connectivity index (χ3v) is 5.91. The standard InChI is InChI=1S/C17H34N4O8/c18-4-6-1-2-7(19)16(26-6)28-14-9(21)3-8(20)11(23)15(14)29-17-13(25)12(24)10(5-22)27-17/h6-17,22-25H,1-5,18-21H2. The minimum absolute atomic E-state index is 0.202. The zero-order valence-electron chi connectivity index (χ0n) is 16.2. The number of hydrogen-bond acceptors (Lipinski definition) is 12. The SMILES string of the molecule is NCC1CCC(N)C(OC2C(N)CC(N)C(O)C2OC2OC(CO)C(O)C2O)O1. The van der Waals surface area contributed by atoms with Crippen LogP contribution in [0.15, 0.2) is 0 Å².